The molecule has 22 heavy (non-hydrogen) atoms. The Morgan fingerprint density at radius 3 is 2.82 bits per heavy atom. The average Bonchev–Trinajstić information content (AvgIpc) is 3.06. The molecule has 2 aromatic rings. The van der Waals surface area contributed by atoms with Crippen molar-refractivity contribution < 1.29 is 14.0 Å². The van der Waals surface area contributed by atoms with Crippen molar-refractivity contribution in [3.63, 3.8) is 0 Å². The molecule has 2 rings (SSSR count). The molecule has 1 heterocycles. The fourth-order valence-corrected chi connectivity index (χ4v) is 2.33. The van der Waals surface area contributed by atoms with Crippen LogP contribution in [0.2, 0.25) is 0 Å². The first-order chi connectivity index (χ1) is 10.7. The highest BCUT2D eigenvalue weighted by atomic mass is 32.2. The molecule has 116 valence electrons. The molecule has 0 saturated carbocycles. The van der Waals surface area contributed by atoms with Crippen molar-refractivity contribution in [2.75, 3.05) is 18.1 Å². The maximum Gasteiger partial charge on any atom is 0.286 e. The normalized spacial score (nSPS) is 10.2. The monoisotopic (exact) mass is 318 g/mol. The molecule has 6 heteroatoms. The summed E-state index contributed by atoms with van der Waals surface area (Å²) in [5.74, 6) is -0.0538. The van der Waals surface area contributed by atoms with Crippen LogP contribution in [0.3, 0.4) is 0 Å². The van der Waals surface area contributed by atoms with Crippen molar-refractivity contribution >= 4 is 29.3 Å². The molecule has 0 aliphatic rings. The van der Waals surface area contributed by atoms with E-state index in [-0.39, 0.29) is 17.6 Å². The molecule has 0 atom stereocenters. The molecule has 1 aromatic heterocycles. The standard InChI is InChI=1S/C16H18N2O3S/c1-22-13-6-2-5-12(11-13)18-15(19)8-3-9-17-16(20)14-7-4-10-21-14/h2,4-7,10-11H,3,8-9H2,1H3,(H,17,20)(H,18,19). The summed E-state index contributed by atoms with van der Waals surface area (Å²) in [5.41, 5.74) is 0.788. The Bertz CT molecular complexity index is 626. The summed E-state index contributed by atoms with van der Waals surface area (Å²) in [5, 5.41) is 5.56. The van der Waals surface area contributed by atoms with Gasteiger partial charge in [0.25, 0.3) is 5.91 Å². The number of carbonyl (C=O) groups is 2. The number of hydrogen-bond donors (Lipinski definition) is 2. The highest BCUT2D eigenvalue weighted by Crippen LogP contribution is 2.19. The van der Waals surface area contributed by atoms with E-state index in [1.165, 1.54) is 6.26 Å². The minimum atomic E-state index is -0.266. The van der Waals surface area contributed by atoms with Crippen LogP contribution in [0.15, 0.2) is 52.0 Å². The average molecular weight is 318 g/mol. The zero-order valence-corrected chi connectivity index (χ0v) is 13.1. The van der Waals surface area contributed by atoms with Crippen LogP contribution < -0.4 is 10.6 Å². The van der Waals surface area contributed by atoms with Crippen LogP contribution in [0.25, 0.3) is 0 Å². The minimum absolute atomic E-state index is 0.0644. The highest BCUT2D eigenvalue weighted by molar-refractivity contribution is 7.98. The molecule has 0 bridgehead atoms. The number of carbonyl (C=O) groups excluding carboxylic acids is 2. The van der Waals surface area contributed by atoms with Crippen LogP contribution in [0.1, 0.15) is 23.4 Å². The van der Waals surface area contributed by atoms with E-state index in [0.29, 0.717) is 19.4 Å². The number of nitrogens with one attached hydrogen (secondary N) is 2. The van der Waals surface area contributed by atoms with Gasteiger partial charge < -0.3 is 15.1 Å². The van der Waals surface area contributed by atoms with Crippen LogP contribution >= 0.6 is 11.8 Å². The minimum Gasteiger partial charge on any atom is -0.459 e. The number of furan rings is 1. The van der Waals surface area contributed by atoms with Crippen molar-refractivity contribution in [3.8, 4) is 0 Å². The Hall–Kier alpha value is -2.21. The predicted octanol–water partition coefficient (Wildman–Crippen LogP) is 3.15. The number of rotatable bonds is 7. The quantitative estimate of drug-likeness (QED) is 0.608. The molecule has 2 amide bonds. The third-order valence-electron chi connectivity index (χ3n) is 2.96. The summed E-state index contributed by atoms with van der Waals surface area (Å²) >= 11 is 1.63. The van der Waals surface area contributed by atoms with Gasteiger partial charge >= 0.3 is 0 Å². The van der Waals surface area contributed by atoms with Gasteiger partial charge in [-0.2, -0.15) is 0 Å². The van der Waals surface area contributed by atoms with Gasteiger partial charge in [-0.15, -0.1) is 11.8 Å². The molecule has 0 saturated heterocycles. The Morgan fingerprint density at radius 1 is 1.23 bits per heavy atom. The molecule has 0 fully saturated rings. The van der Waals surface area contributed by atoms with Crippen LogP contribution in [-0.4, -0.2) is 24.6 Å². The van der Waals surface area contributed by atoms with Gasteiger partial charge in [-0.05, 0) is 43.0 Å². The van der Waals surface area contributed by atoms with Crippen LogP contribution in [-0.2, 0) is 4.79 Å². The lowest BCUT2D eigenvalue weighted by molar-refractivity contribution is -0.116. The van der Waals surface area contributed by atoms with E-state index in [1.807, 2.05) is 30.5 Å². The molecule has 5 nitrogen and oxygen atoms in total. The smallest absolute Gasteiger partial charge is 0.286 e. The third-order valence-corrected chi connectivity index (χ3v) is 3.69. The molecular weight excluding hydrogens is 300 g/mol. The van der Waals surface area contributed by atoms with Gasteiger partial charge in [-0.3, -0.25) is 9.59 Å². The summed E-state index contributed by atoms with van der Waals surface area (Å²) < 4.78 is 4.98. The molecule has 0 unspecified atom stereocenters. The number of amides is 2. The van der Waals surface area contributed by atoms with Crippen LogP contribution in [0, 0.1) is 0 Å². The van der Waals surface area contributed by atoms with E-state index >= 15 is 0 Å². The maximum atomic E-state index is 11.8. The Morgan fingerprint density at radius 2 is 2.09 bits per heavy atom. The maximum absolute atomic E-state index is 11.8. The topological polar surface area (TPSA) is 71.3 Å². The highest BCUT2D eigenvalue weighted by Gasteiger charge is 2.08. The first kappa shape index (κ1) is 16.2. The van der Waals surface area contributed by atoms with Crippen LogP contribution in [0.4, 0.5) is 5.69 Å². The molecule has 2 N–H and O–H groups in total. The summed E-state index contributed by atoms with van der Waals surface area (Å²) in [7, 11) is 0. The zero-order valence-electron chi connectivity index (χ0n) is 12.3. The fourth-order valence-electron chi connectivity index (χ4n) is 1.87. The lowest BCUT2D eigenvalue weighted by atomic mass is 10.2. The van der Waals surface area contributed by atoms with Crippen molar-refractivity contribution in [2.45, 2.75) is 17.7 Å². The predicted molar refractivity (Wildman–Crippen MR) is 87.1 cm³/mol. The summed E-state index contributed by atoms with van der Waals surface area (Å²) in [6.07, 6.45) is 4.36. The van der Waals surface area contributed by atoms with Gasteiger partial charge in [0.1, 0.15) is 0 Å². The first-order valence-electron chi connectivity index (χ1n) is 6.94. The number of benzene rings is 1. The second-order valence-corrected chi connectivity index (χ2v) is 5.50. The largest absolute Gasteiger partial charge is 0.459 e. The van der Waals surface area contributed by atoms with E-state index in [9.17, 15) is 9.59 Å². The van der Waals surface area contributed by atoms with Crippen LogP contribution in [0.5, 0.6) is 0 Å². The van der Waals surface area contributed by atoms with Gasteiger partial charge in [0.15, 0.2) is 5.76 Å². The van der Waals surface area contributed by atoms with Gasteiger partial charge in [0, 0.05) is 23.5 Å². The number of thioether (sulfide) groups is 1. The molecule has 0 aliphatic heterocycles. The molecular formula is C16H18N2O3S. The summed E-state index contributed by atoms with van der Waals surface area (Å²) in [6, 6.07) is 10.9. The van der Waals surface area contributed by atoms with E-state index in [2.05, 4.69) is 10.6 Å². The Labute approximate surface area is 133 Å². The van der Waals surface area contributed by atoms with Crippen molar-refractivity contribution in [1.29, 1.82) is 0 Å². The first-order valence-corrected chi connectivity index (χ1v) is 8.17. The second kappa shape index (κ2) is 8.29. The molecule has 0 spiro atoms. The molecule has 1 aromatic carbocycles. The van der Waals surface area contributed by atoms with E-state index in [0.717, 1.165) is 10.6 Å². The summed E-state index contributed by atoms with van der Waals surface area (Å²) in [6.45, 7) is 0.428. The van der Waals surface area contributed by atoms with Gasteiger partial charge in [-0.25, -0.2) is 0 Å². The SMILES string of the molecule is CSc1cccc(NC(=O)CCCNC(=O)c2ccco2)c1. The van der Waals surface area contributed by atoms with Gasteiger partial charge in [0.2, 0.25) is 5.91 Å². The Balaban J connectivity index is 1.68. The lowest BCUT2D eigenvalue weighted by Gasteiger charge is -2.07. The fraction of sp³-hybridized carbons (Fsp3) is 0.250. The van der Waals surface area contributed by atoms with E-state index in [1.54, 1.807) is 23.9 Å². The van der Waals surface area contributed by atoms with E-state index in [4.69, 9.17) is 4.42 Å². The van der Waals surface area contributed by atoms with Crippen molar-refractivity contribution in [2.24, 2.45) is 0 Å². The molecule has 0 radical (unpaired) electrons. The zero-order chi connectivity index (χ0) is 15.8. The number of anilines is 1. The van der Waals surface area contributed by atoms with Crippen molar-refractivity contribution in [1.82, 2.24) is 5.32 Å². The van der Waals surface area contributed by atoms with Gasteiger partial charge in [0.05, 0.1) is 6.26 Å². The third kappa shape index (κ3) is 4.96. The van der Waals surface area contributed by atoms with E-state index < -0.39 is 0 Å². The van der Waals surface area contributed by atoms with Gasteiger partial charge in [-0.1, -0.05) is 6.07 Å². The second-order valence-electron chi connectivity index (χ2n) is 4.62. The molecule has 0 aliphatic carbocycles. The summed E-state index contributed by atoms with van der Waals surface area (Å²) in [4.78, 5) is 24.5. The Kier molecular flexibility index (Phi) is 6.09. The lowest BCUT2D eigenvalue weighted by Crippen LogP contribution is -2.25. The van der Waals surface area contributed by atoms with Crippen molar-refractivity contribution in [3.05, 3.63) is 48.4 Å². The number of hydrogen-bond acceptors (Lipinski definition) is 4.